The number of non-ortho nitro benzene ring substituents is 1. The number of benzene rings is 1. The molecule has 1 rings (SSSR count). The van der Waals surface area contributed by atoms with Crippen molar-refractivity contribution in [2.45, 2.75) is 25.5 Å². The van der Waals surface area contributed by atoms with Crippen molar-refractivity contribution in [3.63, 3.8) is 0 Å². The smallest absolute Gasteiger partial charge is 0.269 e. The molecular formula is C12H15NO3S. The standard InChI is InChI=1S/C12H15NO3S/c1-3-9(2)17-8-12(14)10-4-6-11(7-5-10)13(15)16/h4-7,9H,3,8H2,1-2H3. The SMILES string of the molecule is CCC(C)SCC(=O)c1ccc([N+](=O)[O-])cc1. The molecule has 0 saturated carbocycles. The third-order valence-corrected chi connectivity index (χ3v) is 3.81. The molecule has 0 N–H and O–H groups in total. The number of hydrogen-bond acceptors (Lipinski definition) is 4. The van der Waals surface area contributed by atoms with E-state index in [1.54, 1.807) is 11.8 Å². The molecule has 0 fully saturated rings. The quantitative estimate of drug-likeness (QED) is 0.443. The van der Waals surface area contributed by atoms with E-state index in [2.05, 4.69) is 13.8 Å². The monoisotopic (exact) mass is 253 g/mol. The number of nitrogens with zero attached hydrogens (tertiary/aromatic N) is 1. The average molecular weight is 253 g/mol. The van der Waals surface area contributed by atoms with Crippen molar-refractivity contribution < 1.29 is 9.72 Å². The maximum Gasteiger partial charge on any atom is 0.269 e. The molecule has 0 saturated heterocycles. The Labute approximate surface area is 105 Å². The van der Waals surface area contributed by atoms with Crippen molar-refractivity contribution in [1.29, 1.82) is 0 Å². The summed E-state index contributed by atoms with van der Waals surface area (Å²) in [5.74, 6) is 0.442. The van der Waals surface area contributed by atoms with E-state index in [0.29, 0.717) is 16.6 Å². The summed E-state index contributed by atoms with van der Waals surface area (Å²) in [6.07, 6.45) is 1.03. The molecule has 1 aromatic rings. The lowest BCUT2D eigenvalue weighted by molar-refractivity contribution is -0.384. The Hall–Kier alpha value is -1.36. The minimum Gasteiger partial charge on any atom is -0.293 e. The number of carbonyl (C=O) groups is 1. The molecule has 5 heteroatoms. The number of carbonyl (C=O) groups excluding carboxylic acids is 1. The average Bonchev–Trinajstić information content (AvgIpc) is 2.35. The van der Waals surface area contributed by atoms with Crippen LogP contribution in [0.1, 0.15) is 30.6 Å². The lowest BCUT2D eigenvalue weighted by Crippen LogP contribution is -2.06. The molecule has 0 aliphatic rings. The van der Waals surface area contributed by atoms with E-state index in [4.69, 9.17) is 0 Å². The number of nitro groups is 1. The maximum absolute atomic E-state index is 11.8. The predicted molar refractivity (Wildman–Crippen MR) is 69.6 cm³/mol. The Morgan fingerprint density at radius 1 is 1.41 bits per heavy atom. The molecule has 4 nitrogen and oxygen atoms in total. The van der Waals surface area contributed by atoms with Gasteiger partial charge in [0.15, 0.2) is 5.78 Å². The van der Waals surface area contributed by atoms with Gasteiger partial charge in [-0.2, -0.15) is 11.8 Å². The molecule has 92 valence electrons. The summed E-state index contributed by atoms with van der Waals surface area (Å²) in [6, 6.07) is 5.75. The number of hydrogen-bond donors (Lipinski definition) is 0. The summed E-state index contributed by atoms with van der Waals surface area (Å²) >= 11 is 1.61. The molecule has 17 heavy (non-hydrogen) atoms. The van der Waals surface area contributed by atoms with Gasteiger partial charge in [0.25, 0.3) is 5.69 Å². The summed E-state index contributed by atoms with van der Waals surface area (Å²) in [6.45, 7) is 4.15. The molecule has 0 aromatic heterocycles. The summed E-state index contributed by atoms with van der Waals surface area (Å²) in [5.41, 5.74) is 0.544. The third kappa shape index (κ3) is 4.19. The summed E-state index contributed by atoms with van der Waals surface area (Å²) in [7, 11) is 0. The van der Waals surface area contributed by atoms with Gasteiger partial charge in [-0.3, -0.25) is 14.9 Å². The van der Waals surface area contributed by atoms with Crippen LogP contribution < -0.4 is 0 Å². The molecule has 0 aliphatic heterocycles. The molecule has 0 bridgehead atoms. The zero-order valence-electron chi connectivity index (χ0n) is 9.88. The van der Waals surface area contributed by atoms with Crippen molar-refractivity contribution in [2.24, 2.45) is 0 Å². The highest BCUT2D eigenvalue weighted by Gasteiger charge is 2.10. The topological polar surface area (TPSA) is 60.2 Å². The van der Waals surface area contributed by atoms with E-state index in [-0.39, 0.29) is 11.5 Å². The molecule has 0 amide bonds. The van der Waals surface area contributed by atoms with Gasteiger partial charge in [-0.05, 0) is 18.6 Å². The van der Waals surface area contributed by atoms with Crippen LogP contribution in [-0.4, -0.2) is 21.7 Å². The maximum atomic E-state index is 11.8. The molecule has 0 radical (unpaired) electrons. The second kappa shape index (κ2) is 6.39. The molecule has 1 unspecified atom stereocenters. The number of Topliss-reactive ketones (excluding diaryl/α,β-unsaturated/α-hetero) is 1. The van der Waals surface area contributed by atoms with Crippen LogP contribution in [0, 0.1) is 10.1 Å². The van der Waals surface area contributed by atoms with E-state index in [1.807, 2.05) is 0 Å². The first kappa shape index (κ1) is 13.7. The first-order valence-corrected chi connectivity index (χ1v) is 6.48. The van der Waals surface area contributed by atoms with Gasteiger partial charge >= 0.3 is 0 Å². The lowest BCUT2D eigenvalue weighted by Gasteiger charge is -2.06. The van der Waals surface area contributed by atoms with E-state index >= 15 is 0 Å². The van der Waals surface area contributed by atoms with Crippen LogP contribution in [0.5, 0.6) is 0 Å². The second-order valence-corrected chi connectivity index (χ2v) is 5.18. The highest BCUT2D eigenvalue weighted by Crippen LogP contribution is 2.17. The summed E-state index contributed by atoms with van der Waals surface area (Å²) in [4.78, 5) is 21.7. The molecule has 0 spiro atoms. The van der Waals surface area contributed by atoms with Crippen molar-refractivity contribution >= 4 is 23.2 Å². The van der Waals surface area contributed by atoms with Crippen LogP contribution >= 0.6 is 11.8 Å². The van der Waals surface area contributed by atoms with Gasteiger partial charge in [0, 0.05) is 22.9 Å². The Morgan fingerprint density at radius 2 is 2.00 bits per heavy atom. The fourth-order valence-corrected chi connectivity index (χ4v) is 2.03. The largest absolute Gasteiger partial charge is 0.293 e. The van der Waals surface area contributed by atoms with E-state index < -0.39 is 4.92 Å². The predicted octanol–water partition coefficient (Wildman–Crippen LogP) is 3.31. The Morgan fingerprint density at radius 3 is 2.47 bits per heavy atom. The van der Waals surface area contributed by atoms with E-state index in [1.165, 1.54) is 24.3 Å². The van der Waals surface area contributed by atoms with Crippen LogP contribution in [0.15, 0.2) is 24.3 Å². The zero-order valence-corrected chi connectivity index (χ0v) is 10.7. The van der Waals surface area contributed by atoms with Gasteiger partial charge in [0.1, 0.15) is 0 Å². The molecule has 1 atom stereocenters. The highest BCUT2D eigenvalue weighted by molar-refractivity contribution is 8.00. The van der Waals surface area contributed by atoms with Crippen LogP contribution in [0.25, 0.3) is 0 Å². The number of nitro benzene ring substituents is 1. The zero-order chi connectivity index (χ0) is 12.8. The van der Waals surface area contributed by atoms with Crippen LogP contribution in [0.3, 0.4) is 0 Å². The minimum absolute atomic E-state index is 0.0103. The summed E-state index contributed by atoms with van der Waals surface area (Å²) < 4.78 is 0. The molecule has 0 heterocycles. The van der Waals surface area contributed by atoms with Gasteiger partial charge in [-0.25, -0.2) is 0 Å². The lowest BCUT2D eigenvalue weighted by atomic mass is 10.1. The van der Waals surface area contributed by atoms with Gasteiger partial charge < -0.3 is 0 Å². The van der Waals surface area contributed by atoms with Gasteiger partial charge in [-0.1, -0.05) is 13.8 Å². The first-order valence-electron chi connectivity index (χ1n) is 5.43. The second-order valence-electron chi connectivity index (χ2n) is 3.76. The minimum atomic E-state index is -0.470. The van der Waals surface area contributed by atoms with E-state index in [9.17, 15) is 14.9 Å². The fraction of sp³-hybridized carbons (Fsp3) is 0.417. The Bertz CT molecular complexity index is 403. The number of thioether (sulfide) groups is 1. The molecule has 0 aliphatic carbocycles. The Balaban J connectivity index is 2.61. The van der Waals surface area contributed by atoms with Crippen molar-refractivity contribution in [1.82, 2.24) is 0 Å². The Kier molecular flexibility index (Phi) is 5.15. The number of ketones is 1. The van der Waals surface area contributed by atoms with E-state index in [0.717, 1.165) is 6.42 Å². The fourth-order valence-electron chi connectivity index (χ4n) is 1.19. The van der Waals surface area contributed by atoms with Crippen molar-refractivity contribution in [3.8, 4) is 0 Å². The number of rotatable bonds is 6. The normalized spacial score (nSPS) is 12.1. The van der Waals surface area contributed by atoms with Gasteiger partial charge in [-0.15, -0.1) is 0 Å². The van der Waals surface area contributed by atoms with Crippen molar-refractivity contribution in [3.05, 3.63) is 39.9 Å². The van der Waals surface area contributed by atoms with Crippen LogP contribution in [-0.2, 0) is 0 Å². The van der Waals surface area contributed by atoms with Crippen LogP contribution in [0.4, 0.5) is 5.69 Å². The van der Waals surface area contributed by atoms with Crippen molar-refractivity contribution in [2.75, 3.05) is 5.75 Å². The molecular weight excluding hydrogens is 238 g/mol. The third-order valence-electron chi connectivity index (χ3n) is 2.47. The van der Waals surface area contributed by atoms with Crippen LogP contribution in [0.2, 0.25) is 0 Å². The van der Waals surface area contributed by atoms with Gasteiger partial charge in [0.05, 0.1) is 10.7 Å². The molecule has 1 aromatic carbocycles. The van der Waals surface area contributed by atoms with Gasteiger partial charge in [0.2, 0.25) is 0 Å². The highest BCUT2D eigenvalue weighted by atomic mass is 32.2. The summed E-state index contributed by atoms with van der Waals surface area (Å²) in [5, 5.41) is 10.9. The first-order chi connectivity index (χ1) is 8.04.